The van der Waals surface area contributed by atoms with Crippen LogP contribution >= 0.6 is 0 Å². The van der Waals surface area contributed by atoms with Crippen LogP contribution in [0.5, 0.6) is 0 Å². The summed E-state index contributed by atoms with van der Waals surface area (Å²) in [5, 5.41) is 22.0. The normalized spacial score (nSPS) is 30.9. The molecule has 0 N–H and O–H groups in total. The minimum absolute atomic E-state index is 0.0266. The Morgan fingerprint density at radius 1 is 1.07 bits per heavy atom. The summed E-state index contributed by atoms with van der Waals surface area (Å²) in [5.41, 5.74) is -0.898. The van der Waals surface area contributed by atoms with E-state index in [1.54, 1.807) is 13.8 Å². The van der Waals surface area contributed by atoms with Gasteiger partial charge in [-0.3, -0.25) is 25.0 Å². The molecule has 0 saturated heterocycles. The van der Waals surface area contributed by atoms with Gasteiger partial charge in [0.1, 0.15) is 12.1 Å². The van der Waals surface area contributed by atoms with Crippen LogP contribution in [0.3, 0.4) is 0 Å². The van der Waals surface area contributed by atoms with Gasteiger partial charge >= 0.3 is 0 Å². The van der Waals surface area contributed by atoms with Crippen molar-refractivity contribution in [3.05, 3.63) is 20.2 Å². The maximum absolute atomic E-state index is 11.6. The molecule has 8 nitrogen and oxygen atoms in total. The lowest BCUT2D eigenvalue weighted by atomic mass is 9.66. The fourth-order valence-electron chi connectivity index (χ4n) is 5.46. The summed E-state index contributed by atoms with van der Waals surface area (Å²) in [4.78, 5) is 44.0. The highest BCUT2D eigenvalue weighted by Crippen LogP contribution is 2.41. The second-order valence-corrected chi connectivity index (χ2v) is 9.10. The molecule has 30 heavy (non-hydrogen) atoms. The molecule has 0 bridgehead atoms. The first-order valence-electron chi connectivity index (χ1n) is 11.4. The van der Waals surface area contributed by atoms with E-state index < -0.39 is 11.6 Å². The molecule has 0 aromatic carbocycles. The molecule has 0 aromatic heterocycles. The van der Waals surface area contributed by atoms with E-state index in [0.29, 0.717) is 19.3 Å². The van der Waals surface area contributed by atoms with Crippen LogP contribution in [0.25, 0.3) is 0 Å². The van der Waals surface area contributed by atoms with Crippen LogP contribution in [0.4, 0.5) is 0 Å². The highest BCUT2D eigenvalue weighted by atomic mass is 16.6. The Balaban J connectivity index is 0.000000303. The van der Waals surface area contributed by atoms with Gasteiger partial charge in [-0.25, -0.2) is 0 Å². The van der Waals surface area contributed by atoms with Gasteiger partial charge in [0.15, 0.2) is 0 Å². The summed E-state index contributed by atoms with van der Waals surface area (Å²) in [5.74, 6) is -0.274. The number of rotatable bonds is 8. The minimum atomic E-state index is -0.898. The number of carbonyl (C=O) groups is 2. The number of nitrogens with zero attached hydrogens (tertiary/aromatic N) is 2. The highest BCUT2D eigenvalue weighted by Gasteiger charge is 2.50. The summed E-state index contributed by atoms with van der Waals surface area (Å²) < 4.78 is 0. The van der Waals surface area contributed by atoms with Crippen LogP contribution in [0.15, 0.2) is 0 Å². The van der Waals surface area contributed by atoms with Gasteiger partial charge in [0.25, 0.3) is 0 Å². The number of Topliss-reactive ketones (excluding diaryl/α,β-unsaturated/α-hetero) is 1. The van der Waals surface area contributed by atoms with Crippen molar-refractivity contribution < 1.29 is 19.4 Å². The molecule has 0 amide bonds. The molecule has 0 aliphatic heterocycles. The summed E-state index contributed by atoms with van der Waals surface area (Å²) in [6.45, 7) is 7.14. The van der Waals surface area contributed by atoms with E-state index in [2.05, 4.69) is 0 Å². The van der Waals surface area contributed by atoms with Gasteiger partial charge in [0.05, 0.1) is 0 Å². The molecule has 6 atom stereocenters. The molecular formula is C22H38N2O6. The van der Waals surface area contributed by atoms with E-state index in [1.807, 2.05) is 13.8 Å². The standard InChI is InChI=1S/C12H21NO3.C10H17NO3/c1-4-10(9(2)14)11-7-5-6-8-12(11,3)13(15)16;1-2-8(7-12)9-5-3-4-6-10(9)11(13)14/h10-11H,4-8H2,1-3H3;7-10H,2-6H2,1H3/t;8-,9+,10+/m.1/s1. The zero-order chi connectivity index (χ0) is 22.9. The Morgan fingerprint density at radius 2 is 1.67 bits per heavy atom. The van der Waals surface area contributed by atoms with Crippen molar-refractivity contribution in [1.82, 2.24) is 0 Å². The van der Waals surface area contributed by atoms with Crippen molar-refractivity contribution >= 4 is 12.1 Å². The molecule has 3 unspecified atom stereocenters. The SMILES string of the molecule is CCC(C(C)=O)C1CCCCC1(C)[N+](=O)[O-].CC[C@H](C=O)[C@@H]1CCCC[C@@H]1[N+](=O)[O-]. The molecule has 2 fully saturated rings. The molecule has 0 radical (unpaired) electrons. The second kappa shape index (κ2) is 12.1. The van der Waals surface area contributed by atoms with Crippen LogP contribution in [-0.4, -0.2) is 33.5 Å². The third-order valence-electron chi connectivity index (χ3n) is 7.36. The molecule has 0 aromatic rings. The van der Waals surface area contributed by atoms with Gasteiger partial charge in [-0.05, 0) is 45.4 Å². The molecule has 2 saturated carbocycles. The maximum atomic E-state index is 11.6. The van der Waals surface area contributed by atoms with Gasteiger partial charge < -0.3 is 4.79 Å². The summed E-state index contributed by atoms with van der Waals surface area (Å²) in [6.07, 6.45) is 9.10. The van der Waals surface area contributed by atoms with Crippen molar-refractivity contribution in [3.63, 3.8) is 0 Å². The van der Waals surface area contributed by atoms with Crippen molar-refractivity contribution in [1.29, 1.82) is 0 Å². The van der Waals surface area contributed by atoms with Gasteiger partial charge in [0.2, 0.25) is 11.6 Å². The number of hydrogen-bond donors (Lipinski definition) is 0. The monoisotopic (exact) mass is 426 g/mol. The Bertz CT molecular complexity index is 610. The lowest BCUT2D eigenvalue weighted by molar-refractivity contribution is -0.582. The molecule has 8 heteroatoms. The molecular weight excluding hydrogens is 388 g/mol. The predicted octanol–water partition coefficient (Wildman–Crippen LogP) is 4.87. The van der Waals surface area contributed by atoms with E-state index in [1.165, 1.54) is 0 Å². The third kappa shape index (κ3) is 6.32. The lowest BCUT2D eigenvalue weighted by Gasteiger charge is -2.37. The molecule has 2 rings (SSSR count). The lowest BCUT2D eigenvalue weighted by Crippen LogP contribution is -2.49. The molecule has 2 aliphatic rings. The summed E-state index contributed by atoms with van der Waals surface area (Å²) in [7, 11) is 0. The molecule has 172 valence electrons. The fraction of sp³-hybridized carbons (Fsp3) is 0.909. The van der Waals surface area contributed by atoms with Gasteiger partial charge in [-0.15, -0.1) is 0 Å². The number of aldehydes is 1. The Hall–Kier alpha value is -1.86. The average molecular weight is 427 g/mol. The van der Waals surface area contributed by atoms with E-state index in [4.69, 9.17) is 0 Å². The smallest absolute Gasteiger partial charge is 0.223 e. The van der Waals surface area contributed by atoms with E-state index in [9.17, 15) is 29.8 Å². The summed E-state index contributed by atoms with van der Waals surface area (Å²) >= 11 is 0. The topological polar surface area (TPSA) is 120 Å². The number of hydrogen-bond acceptors (Lipinski definition) is 6. The zero-order valence-electron chi connectivity index (χ0n) is 18.9. The zero-order valence-corrected chi connectivity index (χ0v) is 18.9. The van der Waals surface area contributed by atoms with Crippen LogP contribution in [0.2, 0.25) is 0 Å². The minimum Gasteiger partial charge on any atom is -0.303 e. The van der Waals surface area contributed by atoms with Crippen LogP contribution in [0.1, 0.15) is 91.9 Å². The van der Waals surface area contributed by atoms with Crippen molar-refractivity contribution in [3.8, 4) is 0 Å². The first-order valence-corrected chi connectivity index (χ1v) is 11.4. The van der Waals surface area contributed by atoms with Crippen molar-refractivity contribution in [2.75, 3.05) is 0 Å². The van der Waals surface area contributed by atoms with Gasteiger partial charge in [0, 0.05) is 53.3 Å². The Labute approximate surface area is 179 Å². The quantitative estimate of drug-likeness (QED) is 0.310. The van der Waals surface area contributed by atoms with Gasteiger partial charge in [-0.1, -0.05) is 26.7 Å². The molecule has 2 aliphatic carbocycles. The van der Waals surface area contributed by atoms with Crippen molar-refractivity contribution in [2.45, 2.75) is 103 Å². The Morgan fingerprint density at radius 3 is 2.13 bits per heavy atom. The second-order valence-electron chi connectivity index (χ2n) is 9.10. The predicted molar refractivity (Wildman–Crippen MR) is 114 cm³/mol. The van der Waals surface area contributed by atoms with E-state index >= 15 is 0 Å². The third-order valence-corrected chi connectivity index (χ3v) is 7.36. The van der Waals surface area contributed by atoms with Crippen LogP contribution in [-0.2, 0) is 9.59 Å². The molecule has 0 spiro atoms. The van der Waals surface area contributed by atoms with Crippen molar-refractivity contribution in [2.24, 2.45) is 23.7 Å². The first kappa shape index (κ1) is 26.2. The number of carbonyl (C=O) groups excluding carboxylic acids is 2. The first-order chi connectivity index (χ1) is 14.1. The van der Waals surface area contributed by atoms with E-state index in [-0.39, 0.29) is 39.3 Å². The maximum Gasteiger partial charge on any atom is 0.223 e. The molecule has 0 heterocycles. The fourth-order valence-corrected chi connectivity index (χ4v) is 5.46. The van der Waals surface area contributed by atoms with Crippen LogP contribution in [0, 0.1) is 43.9 Å². The Kier molecular flexibility index (Phi) is 10.6. The number of nitro groups is 2. The van der Waals surface area contributed by atoms with Crippen LogP contribution < -0.4 is 0 Å². The number of ketones is 1. The highest BCUT2D eigenvalue weighted by molar-refractivity contribution is 5.78. The van der Waals surface area contributed by atoms with E-state index in [0.717, 1.165) is 51.2 Å². The average Bonchev–Trinajstić information content (AvgIpc) is 2.71. The summed E-state index contributed by atoms with van der Waals surface area (Å²) in [6, 6.07) is -0.487. The van der Waals surface area contributed by atoms with Gasteiger partial charge in [-0.2, -0.15) is 0 Å². The largest absolute Gasteiger partial charge is 0.303 e.